The Hall–Kier alpha value is -4.02. The molecule has 1 aromatic heterocycles. The van der Waals surface area contributed by atoms with Crippen LogP contribution in [0.2, 0.25) is 0 Å². The summed E-state index contributed by atoms with van der Waals surface area (Å²) < 4.78 is 29.4. The molecule has 1 heterocycles. The van der Waals surface area contributed by atoms with Gasteiger partial charge in [0.05, 0.1) is 34.3 Å². The van der Waals surface area contributed by atoms with Gasteiger partial charge in [0, 0.05) is 6.54 Å². The Bertz CT molecular complexity index is 1430. The van der Waals surface area contributed by atoms with E-state index in [0.29, 0.717) is 34.1 Å². The van der Waals surface area contributed by atoms with Crippen LogP contribution in [0.25, 0.3) is 5.69 Å². The van der Waals surface area contributed by atoms with Crippen LogP contribution in [0.15, 0.2) is 94.0 Å². The molecule has 0 bridgehead atoms. The Morgan fingerprint density at radius 3 is 2.23 bits per heavy atom. The highest BCUT2D eigenvalue weighted by atomic mass is 32.2. The van der Waals surface area contributed by atoms with Crippen molar-refractivity contribution >= 4 is 32.9 Å². The third-order valence-corrected chi connectivity index (χ3v) is 7.37. The molecule has 0 saturated heterocycles. The molecule has 3 N–H and O–H groups in total. The molecule has 180 valence electrons. The van der Waals surface area contributed by atoms with Crippen molar-refractivity contribution in [3.8, 4) is 5.69 Å². The van der Waals surface area contributed by atoms with Crippen LogP contribution in [0.4, 0.5) is 22.9 Å². The molecule has 35 heavy (non-hydrogen) atoms. The topological polar surface area (TPSA) is 126 Å². The van der Waals surface area contributed by atoms with Crippen LogP contribution in [0, 0.1) is 6.92 Å². The summed E-state index contributed by atoms with van der Waals surface area (Å²) in [7, 11) is -3.78. The molecule has 0 saturated carbocycles. The number of hydrogen-bond donors (Lipinski definition) is 2. The first kappa shape index (κ1) is 24.1. The van der Waals surface area contributed by atoms with Crippen LogP contribution >= 0.6 is 0 Å². The van der Waals surface area contributed by atoms with E-state index in [9.17, 15) is 13.5 Å². The fourth-order valence-electron chi connectivity index (χ4n) is 3.61. The van der Waals surface area contributed by atoms with Gasteiger partial charge < -0.3 is 10.8 Å². The van der Waals surface area contributed by atoms with Crippen LogP contribution in [-0.4, -0.2) is 29.8 Å². The van der Waals surface area contributed by atoms with Gasteiger partial charge in [0.1, 0.15) is 0 Å². The molecule has 0 fully saturated rings. The van der Waals surface area contributed by atoms with E-state index in [-0.39, 0.29) is 18.0 Å². The van der Waals surface area contributed by atoms with Crippen LogP contribution < -0.4 is 10.0 Å². The third-order valence-electron chi connectivity index (χ3n) is 5.45. The van der Waals surface area contributed by atoms with Gasteiger partial charge >= 0.3 is 0 Å². The molecule has 9 nitrogen and oxygen atoms in total. The normalized spacial score (nSPS) is 11.7. The van der Waals surface area contributed by atoms with Crippen molar-refractivity contribution in [2.45, 2.75) is 25.3 Å². The minimum Gasteiger partial charge on any atom is -0.392 e. The summed E-state index contributed by atoms with van der Waals surface area (Å²) >= 11 is 0. The van der Waals surface area contributed by atoms with Gasteiger partial charge in [-0.25, -0.2) is 13.1 Å². The van der Waals surface area contributed by atoms with Crippen molar-refractivity contribution in [1.29, 1.82) is 0 Å². The Kier molecular flexibility index (Phi) is 6.94. The number of nitrogen functional groups attached to an aromatic ring is 1. The predicted octanol–water partition coefficient (Wildman–Crippen LogP) is 4.89. The first-order chi connectivity index (χ1) is 16.8. The highest BCUT2D eigenvalue weighted by Crippen LogP contribution is 2.31. The Morgan fingerprint density at radius 1 is 0.971 bits per heavy atom. The minimum absolute atomic E-state index is 0.104. The second-order valence-electron chi connectivity index (χ2n) is 7.75. The molecule has 10 heteroatoms. The molecular weight excluding hydrogens is 464 g/mol. The summed E-state index contributed by atoms with van der Waals surface area (Å²) in [5.74, 6) is 0.363. The summed E-state index contributed by atoms with van der Waals surface area (Å²) in [6, 6.07) is 22.4. The second-order valence-corrected chi connectivity index (χ2v) is 9.62. The molecule has 0 aliphatic heterocycles. The van der Waals surface area contributed by atoms with E-state index in [1.165, 1.54) is 16.4 Å². The highest BCUT2D eigenvalue weighted by molar-refractivity contribution is 7.92. The average molecular weight is 491 g/mol. The second kappa shape index (κ2) is 10.1. The molecule has 0 amide bonds. The lowest BCUT2D eigenvalue weighted by Crippen LogP contribution is -2.30. The largest absolute Gasteiger partial charge is 0.392 e. The number of benzene rings is 3. The first-order valence-electron chi connectivity index (χ1n) is 11.0. The number of anilines is 2. The smallest absolute Gasteiger partial charge is 0.264 e. The highest BCUT2D eigenvalue weighted by Gasteiger charge is 2.23. The van der Waals surface area contributed by atoms with Crippen molar-refractivity contribution in [2.75, 3.05) is 16.6 Å². The van der Waals surface area contributed by atoms with Crippen LogP contribution in [-0.2, 0) is 16.6 Å². The predicted molar refractivity (Wildman–Crippen MR) is 136 cm³/mol. The fraction of sp³-hybridized carbons (Fsp3) is 0.160. The van der Waals surface area contributed by atoms with E-state index >= 15 is 0 Å². The molecule has 0 spiro atoms. The summed E-state index contributed by atoms with van der Waals surface area (Å²) in [5.41, 5.74) is 9.86. The zero-order valence-corrected chi connectivity index (χ0v) is 20.2. The molecular formula is C25H26N6O3S. The van der Waals surface area contributed by atoms with E-state index in [2.05, 4.69) is 15.3 Å². The number of nitrogens with zero attached hydrogens (tertiary/aromatic N) is 5. The third kappa shape index (κ3) is 4.93. The quantitative estimate of drug-likeness (QED) is 0.340. The first-order valence-corrected chi connectivity index (χ1v) is 12.4. The molecule has 0 atom stereocenters. The van der Waals surface area contributed by atoms with Gasteiger partial charge in [-0.15, -0.1) is 5.11 Å². The van der Waals surface area contributed by atoms with E-state index in [1.807, 2.05) is 30.3 Å². The number of rotatable bonds is 8. The van der Waals surface area contributed by atoms with E-state index in [0.717, 1.165) is 5.69 Å². The van der Waals surface area contributed by atoms with Crippen molar-refractivity contribution in [1.82, 2.24) is 9.78 Å². The van der Waals surface area contributed by atoms with E-state index in [4.69, 9.17) is 5.73 Å². The number of para-hydroxylation sites is 1. The number of aliphatic hydroxyl groups is 1. The number of hydrogen-bond acceptors (Lipinski definition) is 7. The van der Waals surface area contributed by atoms with Gasteiger partial charge in [-0.3, -0.25) is 4.31 Å². The van der Waals surface area contributed by atoms with Crippen molar-refractivity contribution in [3.05, 3.63) is 90.1 Å². The van der Waals surface area contributed by atoms with E-state index in [1.54, 1.807) is 54.9 Å². The summed E-state index contributed by atoms with van der Waals surface area (Å²) in [6.07, 6.45) is 0. The number of aryl methyl sites for hydroxylation is 1. The lowest BCUT2D eigenvalue weighted by atomic mass is 10.2. The summed E-state index contributed by atoms with van der Waals surface area (Å²) in [4.78, 5) is 0.136. The van der Waals surface area contributed by atoms with Gasteiger partial charge in [0.2, 0.25) is 0 Å². The summed E-state index contributed by atoms with van der Waals surface area (Å²) in [6.45, 7) is 3.72. The zero-order valence-electron chi connectivity index (χ0n) is 19.4. The number of nitrogens with two attached hydrogens (primary N) is 1. The van der Waals surface area contributed by atoms with Crippen molar-refractivity contribution in [3.63, 3.8) is 0 Å². The molecule has 4 rings (SSSR count). The maximum absolute atomic E-state index is 13.2. The zero-order chi connectivity index (χ0) is 25.0. The molecule has 0 aliphatic rings. The van der Waals surface area contributed by atoms with Crippen molar-refractivity contribution in [2.24, 2.45) is 10.2 Å². The van der Waals surface area contributed by atoms with Gasteiger partial charge in [-0.1, -0.05) is 30.3 Å². The maximum atomic E-state index is 13.2. The van der Waals surface area contributed by atoms with E-state index < -0.39 is 10.0 Å². The minimum atomic E-state index is -3.78. The van der Waals surface area contributed by atoms with Gasteiger partial charge in [-0.05, 0) is 67.9 Å². The maximum Gasteiger partial charge on any atom is 0.264 e. The van der Waals surface area contributed by atoms with Gasteiger partial charge in [-0.2, -0.15) is 10.2 Å². The number of azo groups is 1. The monoisotopic (exact) mass is 490 g/mol. The Morgan fingerprint density at radius 2 is 1.63 bits per heavy atom. The number of aliphatic hydroxyl groups excluding tert-OH is 1. The Labute approximate surface area is 204 Å². The Balaban J connectivity index is 1.56. The summed E-state index contributed by atoms with van der Waals surface area (Å²) in [5, 5.41) is 22.2. The standard InChI is InChI=1S/C25H26N6O3S/c1-3-30(21-13-9-19(17-32)10-14-21)35(33,34)23-15-11-20(12-16-23)27-28-24-18(2)29-31(25(24)26)22-7-5-4-6-8-22/h4-16,32H,3,17,26H2,1-2H3. The van der Waals surface area contributed by atoms with Crippen LogP contribution in [0.1, 0.15) is 18.2 Å². The molecule has 0 aliphatic carbocycles. The number of sulfonamides is 1. The van der Waals surface area contributed by atoms with Crippen LogP contribution in [0.5, 0.6) is 0 Å². The SMILES string of the molecule is CCN(c1ccc(CO)cc1)S(=O)(=O)c1ccc(N=Nc2c(C)nn(-c3ccccc3)c2N)cc1. The lowest BCUT2D eigenvalue weighted by molar-refractivity contribution is 0.282. The lowest BCUT2D eigenvalue weighted by Gasteiger charge is -2.23. The fourth-order valence-corrected chi connectivity index (χ4v) is 5.08. The molecule has 0 unspecified atom stereocenters. The number of aromatic nitrogens is 2. The average Bonchev–Trinajstić information content (AvgIpc) is 3.17. The molecule has 0 radical (unpaired) electrons. The van der Waals surface area contributed by atoms with Crippen molar-refractivity contribution < 1.29 is 13.5 Å². The molecule has 4 aromatic rings. The van der Waals surface area contributed by atoms with Gasteiger partial charge in [0.15, 0.2) is 11.5 Å². The van der Waals surface area contributed by atoms with Crippen LogP contribution in [0.3, 0.4) is 0 Å². The van der Waals surface area contributed by atoms with Gasteiger partial charge in [0.25, 0.3) is 10.0 Å². The molecule has 3 aromatic carbocycles.